The maximum absolute atomic E-state index is 12.3. The highest BCUT2D eigenvalue weighted by atomic mass is 16.2. The third kappa shape index (κ3) is 1.80. The van der Waals surface area contributed by atoms with Gasteiger partial charge in [0.15, 0.2) is 0 Å². The number of aldehydes is 1. The normalized spacial score (nSPS) is 25.6. The summed E-state index contributed by atoms with van der Waals surface area (Å²) in [6.07, 6.45) is 5.94. The zero-order valence-corrected chi connectivity index (χ0v) is 10.3. The summed E-state index contributed by atoms with van der Waals surface area (Å²) in [6.45, 7) is 0. The van der Waals surface area contributed by atoms with E-state index in [1.165, 1.54) is 4.90 Å². The van der Waals surface area contributed by atoms with Crippen LogP contribution in [0.2, 0.25) is 0 Å². The standard InChI is InChI=1S/C15H13NO3/c17-9-10-5-7-11(8-6-10)16-14(18)12-3-1-2-4-13(12)15(16)19/h1-2,5-9,12-13H,3-4H2/t12-,13+. The molecule has 0 aromatic heterocycles. The minimum absolute atomic E-state index is 0.127. The molecule has 1 aromatic rings. The average molecular weight is 255 g/mol. The van der Waals surface area contributed by atoms with E-state index in [1.807, 2.05) is 12.2 Å². The minimum Gasteiger partial charge on any atom is -0.298 e. The Morgan fingerprint density at radius 2 is 1.47 bits per heavy atom. The van der Waals surface area contributed by atoms with Crippen molar-refractivity contribution < 1.29 is 14.4 Å². The van der Waals surface area contributed by atoms with E-state index in [0.717, 1.165) is 6.29 Å². The van der Waals surface area contributed by atoms with Crippen LogP contribution in [0.3, 0.4) is 0 Å². The van der Waals surface area contributed by atoms with Gasteiger partial charge in [-0.05, 0) is 37.1 Å². The van der Waals surface area contributed by atoms with Crippen molar-refractivity contribution in [2.45, 2.75) is 12.8 Å². The number of carbonyl (C=O) groups excluding carboxylic acids is 3. The molecule has 1 fully saturated rings. The monoisotopic (exact) mass is 255 g/mol. The van der Waals surface area contributed by atoms with Crippen LogP contribution in [0.25, 0.3) is 0 Å². The van der Waals surface area contributed by atoms with E-state index in [-0.39, 0.29) is 23.7 Å². The lowest BCUT2D eigenvalue weighted by Crippen LogP contribution is -2.30. The topological polar surface area (TPSA) is 54.5 Å². The first-order chi connectivity index (χ1) is 9.22. The highest BCUT2D eigenvalue weighted by molar-refractivity contribution is 6.22. The summed E-state index contributed by atoms with van der Waals surface area (Å²) in [4.78, 5) is 36.5. The summed E-state index contributed by atoms with van der Waals surface area (Å²) in [5.41, 5.74) is 1.08. The highest BCUT2D eigenvalue weighted by Gasteiger charge is 2.47. The van der Waals surface area contributed by atoms with Gasteiger partial charge < -0.3 is 0 Å². The first-order valence-corrected chi connectivity index (χ1v) is 6.30. The molecule has 19 heavy (non-hydrogen) atoms. The van der Waals surface area contributed by atoms with Crippen molar-refractivity contribution in [2.24, 2.45) is 11.8 Å². The lowest BCUT2D eigenvalue weighted by atomic mass is 9.85. The largest absolute Gasteiger partial charge is 0.298 e. The van der Waals surface area contributed by atoms with Gasteiger partial charge >= 0.3 is 0 Å². The zero-order chi connectivity index (χ0) is 13.4. The summed E-state index contributed by atoms with van der Waals surface area (Å²) in [7, 11) is 0. The molecule has 0 spiro atoms. The summed E-state index contributed by atoms with van der Waals surface area (Å²) in [5.74, 6) is -0.692. The van der Waals surface area contributed by atoms with Crippen LogP contribution in [-0.2, 0) is 9.59 Å². The van der Waals surface area contributed by atoms with Gasteiger partial charge in [0.1, 0.15) is 6.29 Å². The fourth-order valence-electron chi connectivity index (χ4n) is 2.76. The quantitative estimate of drug-likeness (QED) is 0.461. The molecule has 0 saturated carbocycles. The van der Waals surface area contributed by atoms with E-state index in [4.69, 9.17) is 0 Å². The number of carbonyl (C=O) groups is 3. The van der Waals surface area contributed by atoms with Crippen LogP contribution in [0.15, 0.2) is 36.4 Å². The van der Waals surface area contributed by atoms with Crippen LogP contribution < -0.4 is 4.90 Å². The summed E-state index contributed by atoms with van der Waals surface area (Å²) in [6, 6.07) is 6.51. The van der Waals surface area contributed by atoms with Crippen molar-refractivity contribution >= 4 is 23.8 Å². The van der Waals surface area contributed by atoms with Crippen molar-refractivity contribution in [3.8, 4) is 0 Å². The number of nitrogens with zero attached hydrogens (tertiary/aromatic N) is 1. The Morgan fingerprint density at radius 1 is 0.947 bits per heavy atom. The number of hydrogen-bond acceptors (Lipinski definition) is 3. The van der Waals surface area contributed by atoms with Gasteiger partial charge in [-0.25, -0.2) is 0 Å². The molecule has 3 rings (SSSR count). The molecule has 0 bridgehead atoms. The highest BCUT2D eigenvalue weighted by Crippen LogP contribution is 2.37. The summed E-state index contributed by atoms with van der Waals surface area (Å²) >= 11 is 0. The Labute approximate surface area is 110 Å². The molecule has 4 heteroatoms. The van der Waals surface area contributed by atoms with Gasteiger partial charge in [0.25, 0.3) is 0 Å². The molecule has 1 aromatic carbocycles. The molecule has 0 unspecified atom stereocenters. The second kappa shape index (κ2) is 4.46. The molecular formula is C15H13NO3. The van der Waals surface area contributed by atoms with Crippen LogP contribution in [0, 0.1) is 11.8 Å². The number of amides is 2. The Kier molecular flexibility index (Phi) is 2.78. The number of imide groups is 1. The molecule has 1 aliphatic heterocycles. The predicted octanol–water partition coefficient (Wildman–Crippen LogP) is 1.95. The molecular weight excluding hydrogens is 242 g/mol. The lowest BCUT2D eigenvalue weighted by molar-refractivity contribution is -0.122. The van der Waals surface area contributed by atoms with E-state index in [2.05, 4.69) is 0 Å². The van der Waals surface area contributed by atoms with Crippen molar-refractivity contribution in [1.29, 1.82) is 0 Å². The Bertz CT molecular complexity index is 548. The zero-order valence-electron chi connectivity index (χ0n) is 10.3. The third-order valence-electron chi connectivity index (χ3n) is 3.79. The molecule has 2 amide bonds. The molecule has 0 radical (unpaired) electrons. The van der Waals surface area contributed by atoms with Gasteiger partial charge in [-0.3, -0.25) is 19.3 Å². The van der Waals surface area contributed by atoms with Gasteiger partial charge in [0.05, 0.1) is 17.5 Å². The maximum atomic E-state index is 12.3. The van der Waals surface area contributed by atoms with Gasteiger partial charge in [-0.2, -0.15) is 0 Å². The minimum atomic E-state index is -0.219. The first-order valence-electron chi connectivity index (χ1n) is 6.30. The molecule has 4 nitrogen and oxygen atoms in total. The number of anilines is 1. The number of rotatable bonds is 2. The van der Waals surface area contributed by atoms with Crippen LogP contribution in [0.1, 0.15) is 23.2 Å². The molecule has 1 aliphatic carbocycles. The van der Waals surface area contributed by atoms with Crippen LogP contribution >= 0.6 is 0 Å². The molecule has 2 aliphatic rings. The fourth-order valence-corrected chi connectivity index (χ4v) is 2.76. The van der Waals surface area contributed by atoms with Crippen LogP contribution in [0.4, 0.5) is 5.69 Å². The lowest BCUT2D eigenvalue weighted by Gasteiger charge is -2.14. The SMILES string of the molecule is O=Cc1ccc(N2C(=O)[C@H]3CC=CC[C@H]3C2=O)cc1. The van der Waals surface area contributed by atoms with E-state index in [0.29, 0.717) is 24.1 Å². The molecule has 0 N–H and O–H groups in total. The number of allylic oxidation sites excluding steroid dienone is 2. The van der Waals surface area contributed by atoms with Gasteiger partial charge in [0.2, 0.25) is 11.8 Å². The van der Waals surface area contributed by atoms with E-state index >= 15 is 0 Å². The molecule has 2 atom stereocenters. The van der Waals surface area contributed by atoms with Crippen molar-refractivity contribution in [2.75, 3.05) is 4.90 Å². The molecule has 96 valence electrons. The Hall–Kier alpha value is -2.23. The smallest absolute Gasteiger partial charge is 0.238 e. The van der Waals surface area contributed by atoms with E-state index in [9.17, 15) is 14.4 Å². The maximum Gasteiger partial charge on any atom is 0.238 e. The number of hydrogen-bond donors (Lipinski definition) is 0. The second-order valence-corrected chi connectivity index (χ2v) is 4.88. The first kappa shape index (κ1) is 11.8. The summed E-state index contributed by atoms with van der Waals surface area (Å²) in [5, 5.41) is 0. The molecule has 1 heterocycles. The van der Waals surface area contributed by atoms with Crippen LogP contribution in [0.5, 0.6) is 0 Å². The number of benzene rings is 1. The Balaban J connectivity index is 1.94. The molecule has 1 saturated heterocycles. The van der Waals surface area contributed by atoms with Crippen molar-refractivity contribution in [3.05, 3.63) is 42.0 Å². The van der Waals surface area contributed by atoms with Gasteiger partial charge in [0, 0.05) is 5.56 Å². The predicted molar refractivity (Wildman–Crippen MR) is 69.7 cm³/mol. The second-order valence-electron chi connectivity index (χ2n) is 4.88. The van der Waals surface area contributed by atoms with Crippen molar-refractivity contribution in [1.82, 2.24) is 0 Å². The Morgan fingerprint density at radius 3 is 1.95 bits per heavy atom. The van der Waals surface area contributed by atoms with E-state index < -0.39 is 0 Å². The van der Waals surface area contributed by atoms with Gasteiger partial charge in [-0.1, -0.05) is 12.2 Å². The van der Waals surface area contributed by atoms with Crippen LogP contribution in [-0.4, -0.2) is 18.1 Å². The number of fused-ring (bicyclic) bond motifs is 1. The average Bonchev–Trinajstić information content (AvgIpc) is 2.72. The third-order valence-corrected chi connectivity index (χ3v) is 3.79. The van der Waals surface area contributed by atoms with Crippen molar-refractivity contribution in [3.63, 3.8) is 0 Å². The van der Waals surface area contributed by atoms with Gasteiger partial charge in [-0.15, -0.1) is 0 Å². The van der Waals surface area contributed by atoms with E-state index in [1.54, 1.807) is 24.3 Å². The fraction of sp³-hybridized carbons (Fsp3) is 0.267. The summed E-state index contributed by atoms with van der Waals surface area (Å²) < 4.78 is 0.